The largest absolute Gasteiger partial charge is 0.496 e. The molecule has 1 aromatic carbocycles. The van der Waals surface area contributed by atoms with Crippen molar-refractivity contribution < 1.29 is 9.53 Å². The molecule has 0 atom stereocenters. The van der Waals surface area contributed by atoms with Crippen molar-refractivity contribution in [1.82, 2.24) is 5.32 Å². The molecule has 94 valence electrons. The van der Waals surface area contributed by atoms with Gasteiger partial charge in [0, 0.05) is 12.1 Å². The van der Waals surface area contributed by atoms with E-state index in [4.69, 9.17) is 4.74 Å². The number of para-hydroxylation sites is 1. The molecule has 1 rings (SSSR count). The Kier molecular flexibility index (Phi) is 5.53. The van der Waals surface area contributed by atoms with Crippen LogP contribution in [0.25, 0.3) is 0 Å². The minimum absolute atomic E-state index is 0.0511. The lowest BCUT2D eigenvalue weighted by atomic mass is 10.1. The third kappa shape index (κ3) is 4.89. The van der Waals surface area contributed by atoms with E-state index < -0.39 is 0 Å². The third-order valence-corrected chi connectivity index (χ3v) is 2.59. The molecule has 0 radical (unpaired) electrons. The van der Waals surface area contributed by atoms with Gasteiger partial charge in [0.25, 0.3) is 0 Å². The number of amides is 1. The molecule has 0 aliphatic rings. The van der Waals surface area contributed by atoms with Gasteiger partial charge in [0.2, 0.25) is 5.91 Å². The first-order valence-electron chi connectivity index (χ1n) is 6.02. The molecule has 0 aliphatic heterocycles. The standard InChI is InChI=1S/C14H21NO2/c1-11(2)8-9-15-14(16)10-12-6-4-5-7-13(12)17-3/h4-7,11H,8-10H2,1-3H3,(H,15,16). The predicted molar refractivity (Wildman–Crippen MR) is 69.2 cm³/mol. The Labute approximate surface area is 103 Å². The second kappa shape index (κ2) is 6.94. The number of carbonyl (C=O) groups excluding carboxylic acids is 1. The minimum Gasteiger partial charge on any atom is -0.496 e. The molecule has 0 heterocycles. The van der Waals surface area contributed by atoms with Crippen LogP contribution in [0, 0.1) is 5.92 Å². The van der Waals surface area contributed by atoms with Crippen LogP contribution in [0.2, 0.25) is 0 Å². The molecular formula is C14H21NO2. The van der Waals surface area contributed by atoms with Crippen LogP contribution in [0.1, 0.15) is 25.8 Å². The Balaban J connectivity index is 2.45. The normalized spacial score (nSPS) is 10.4. The monoisotopic (exact) mass is 235 g/mol. The molecule has 0 aromatic heterocycles. The second-order valence-corrected chi connectivity index (χ2v) is 4.52. The van der Waals surface area contributed by atoms with Crippen LogP contribution in [0.4, 0.5) is 0 Å². The molecule has 3 nitrogen and oxygen atoms in total. The van der Waals surface area contributed by atoms with Gasteiger partial charge in [-0.25, -0.2) is 0 Å². The summed E-state index contributed by atoms with van der Waals surface area (Å²) in [5.41, 5.74) is 0.928. The van der Waals surface area contributed by atoms with E-state index in [0.717, 1.165) is 24.3 Å². The number of hydrogen-bond acceptors (Lipinski definition) is 2. The topological polar surface area (TPSA) is 38.3 Å². The van der Waals surface area contributed by atoms with Crippen LogP contribution in [0.3, 0.4) is 0 Å². The van der Waals surface area contributed by atoms with Crippen molar-refractivity contribution in [2.45, 2.75) is 26.7 Å². The zero-order valence-corrected chi connectivity index (χ0v) is 10.8. The average Bonchev–Trinajstić information content (AvgIpc) is 2.29. The number of rotatable bonds is 6. The lowest BCUT2D eigenvalue weighted by Gasteiger charge is -2.09. The van der Waals surface area contributed by atoms with E-state index >= 15 is 0 Å². The summed E-state index contributed by atoms with van der Waals surface area (Å²) in [6.45, 7) is 5.03. The van der Waals surface area contributed by atoms with Crippen LogP contribution in [0.5, 0.6) is 5.75 Å². The van der Waals surface area contributed by atoms with Gasteiger partial charge in [0.05, 0.1) is 13.5 Å². The van der Waals surface area contributed by atoms with Crippen molar-refractivity contribution >= 4 is 5.91 Å². The lowest BCUT2D eigenvalue weighted by molar-refractivity contribution is -0.120. The Bertz CT molecular complexity index is 361. The first-order valence-corrected chi connectivity index (χ1v) is 6.02. The maximum atomic E-state index is 11.7. The second-order valence-electron chi connectivity index (χ2n) is 4.52. The van der Waals surface area contributed by atoms with Gasteiger partial charge in [0.1, 0.15) is 5.75 Å². The molecule has 0 bridgehead atoms. The molecule has 1 amide bonds. The van der Waals surface area contributed by atoms with E-state index in [1.165, 1.54) is 0 Å². The van der Waals surface area contributed by atoms with Crippen molar-refractivity contribution in [2.24, 2.45) is 5.92 Å². The first-order chi connectivity index (χ1) is 8.13. The van der Waals surface area contributed by atoms with Crippen molar-refractivity contribution in [2.75, 3.05) is 13.7 Å². The Morgan fingerprint density at radius 2 is 2.06 bits per heavy atom. The van der Waals surface area contributed by atoms with Crippen molar-refractivity contribution in [3.05, 3.63) is 29.8 Å². The number of hydrogen-bond donors (Lipinski definition) is 1. The summed E-state index contributed by atoms with van der Waals surface area (Å²) < 4.78 is 5.21. The van der Waals surface area contributed by atoms with Crippen molar-refractivity contribution in [3.8, 4) is 5.75 Å². The Hall–Kier alpha value is -1.51. The molecule has 0 saturated heterocycles. The molecule has 0 spiro atoms. The predicted octanol–water partition coefficient (Wildman–Crippen LogP) is 2.40. The van der Waals surface area contributed by atoms with Gasteiger partial charge in [-0.2, -0.15) is 0 Å². The average molecular weight is 235 g/mol. The zero-order chi connectivity index (χ0) is 12.7. The van der Waals surface area contributed by atoms with Gasteiger partial charge in [0.15, 0.2) is 0 Å². The molecular weight excluding hydrogens is 214 g/mol. The van der Waals surface area contributed by atoms with E-state index in [0.29, 0.717) is 12.3 Å². The molecule has 1 N–H and O–H groups in total. The quantitative estimate of drug-likeness (QED) is 0.822. The fourth-order valence-corrected chi connectivity index (χ4v) is 1.58. The molecule has 0 unspecified atom stereocenters. The van der Waals surface area contributed by atoms with E-state index in [1.807, 2.05) is 24.3 Å². The smallest absolute Gasteiger partial charge is 0.224 e. The zero-order valence-electron chi connectivity index (χ0n) is 10.8. The highest BCUT2D eigenvalue weighted by Crippen LogP contribution is 2.17. The third-order valence-electron chi connectivity index (χ3n) is 2.59. The van der Waals surface area contributed by atoms with E-state index in [2.05, 4.69) is 19.2 Å². The minimum atomic E-state index is 0.0511. The molecule has 1 aromatic rings. The van der Waals surface area contributed by atoms with Crippen LogP contribution in [-0.2, 0) is 11.2 Å². The lowest BCUT2D eigenvalue weighted by Crippen LogP contribution is -2.27. The Morgan fingerprint density at radius 3 is 2.71 bits per heavy atom. The summed E-state index contributed by atoms with van der Waals surface area (Å²) in [7, 11) is 1.62. The number of methoxy groups -OCH3 is 1. The molecule has 0 aliphatic carbocycles. The maximum Gasteiger partial charge on any atom is 0.224 e. The first kappa shape index (κ1) is 13.6. The van der Waals surface area contributed by atoms with Gasteiger partial charge in [-0.15, -0.1) is 0 Å². The summed E-state index contributed by atoms with van der Waals surface area (Å²) in [4.78, 5) is 11.7. The van der Waals surface area contributed by atoms with Gasteiger partial charge in [-0.1, -0.05) is 32.0 Å². The SMILES string of the molecule is COc1ccccc1CC(=O)NCCC(C)C. The van der Waals surface area contributed by atoms with Crippen LogP contribution >= 0.6 is 0 Å². The highest BCUT2D eigenvalue weighted by molar-refractivity contribution is 5.79. The highest BCUT2D eigenvalue weighted by Gasteiger charge is 2.07. The van der Waals surface area contributed by atoms with Crippen LogP contribution in [-0.4, -0.2) is 19.6 Å². The molecule has 3 heteroatoms. The number of ether oxygens (including phenoxy) is 1. The van der Waals surface area contributed by atoms with E-state index in [-0.39, 0.29) is 5.91 Å². The van der Waals surface area contributed by atoms with Gasteiger partial charge >= 0.3 is 0 Å². The van der Waals surface area contributed by atoms with Gasteiger partial charge < -0.3 is 10.1 Å². The summed E-state index contributed by atoms with van der Waals surface area (Å²) in [5, 5.41) is 2.92. The summed E-state index contributed by atoms with van der Waals surface area (Å²) >= 11 is 0. The fraction of sp³-hybridized carbons (Fsp3) is 0.500. The van der Waals surface area contributed by atoms with Crippen molar-refractivity contribution in [1.29, 1.82) is 0 Å². The fourth-order valence-electron chi connectivity index (χ4n) is 1.58. The number of benzene rings is 1. The van der Waals surface area contributed by atoms with E-state index in [9.17, 15) is 4.79 Å². The molecule has 17 heavy (non-hydrogen) atoms. The highest BCUT2D eigenvalue weighted by atomic mass is 16.5. The number of carbonyl (C=O) groups is 1. The van der Waals surface area contributed by atoms with Crippen LogP contribution in [0.15, 0.2) is 24.3 Å². The molecule has 0 saturated carbocycles. The summed E-state index contributed by atoms with van der Waals surface area (Å²) in [6, 6.07) is 7.61. The maximum absolute atomic E-state index is 11.7. The van der Waals surface area contributed by atoms with Crippen molar-refractivity contribution in [3.63, 3.8) is 0 Å². The van der Waals surface area contributed by atoms with Crippen LogP contribution < -0.4 is 10.1 Å². The number of nitrogens with one attached hydrogen (secondary N) is 1. The summed E-state index contributed by atoms with van der Waals surface area (Å²) in [6.07, 6.45) is 1.39. The van der Waals surface area contributed by atoms with E-state index in [1.54, 1.807) is 7.11 Å². The van der Waals surface area contributed by atoms with Gasteiger partial charge in [-0.3, -0.25) is 4.79 Å². The molecule has 0 fully saturated rings. The summed E-state index contributed by atoms with van der Waals surface area (Å²) in [5.74, 6) is 1.43. The van der Waals surface area contributed by atoms with Gasteiger partial charge in [-0.05, 0) is 18.4 Å². The Morgan fingerprint density at radius 1 is 1.35 bits per heavy atom.